The van der Waals surface area contributed by atoms with Gasteiger partial charge in [-0.2, -0.15) is 0 Å². The van der Waals surface area contributed by atoms with Crippen LogP contribution in [-0.2, 0) is 0 Å². The average Bonchev–Trinajstić information content (AvgIpc) is 3.49. The molecule has 0 unspecified atom stereocenters. The Bertz CT molecular complexity index is 1390. The number of furan rings is 1. The number of rotatable bonds is 7. The molecular weight excluding hydrogens is 476 g/mol. The van der Waals surface area contributed by atoms with E-state index >= 15 is 0 Å². The largest absolute Gasteiger partial charge is 0.491 e. The number of nitro benzene ring substituents is 1. The Balaban J connectivity index is 1.57. The summed E-state index contributed by atoms with van der Waals surface area (Å²) in [5.41, 5.74) is 2.06. The summed E-state index contributed by atoms with van der Waals surface area (Å²) < 4.78 is 12.1. The molecule has 0 spiro atoms. The molecule has 3 heterocycles. The minimum absolute atomic E-state index is 0.0164. The lowest BCUT2D eigenvalue weighted by Crippen LogP contribution is -2.29. The Hall–Kier alpha value is -4.24. The first kappa shape index (κ1) is 23.5. The molecule has 0 aliphatic carbocycles. The lowest BCUT2D eigenvalue weighted by molar-refractivity contribution is -0.384. The van der Waals surface area contributed by atoms with Crippen molar-refractivity contribution in [2.75, 3.05) is 4.90 Å². The summed E-state index contributed by atoms with van der Waals surface area (Å²) in [6, 6.07) is 22.9. The van der Waals surface area contributed by atoms with Crippen LogP contribution in [0.2, 0.25) is 0 Å². The van der Waals surface area contributed by atoms with E-state index in [1.165, 1.54) is 6.07 Å². The maximum atomic E-state index is 11.6. The molecule has 9 heteroatoms. The monoisotopic (exact) mass is 500 g/mol. The van der Waals surface area contributed by atoms with Crippen LogP contribution in [0, 0.1) is 10.1 Å². The number of pyridine rings is 1. The fourth-order valence-corrected chi connectivity index (χ4v) is 4.72. The van der Waals surface area contributed by atoms with E-state index in [9.17, 15) is 10.1 Å². The zero-order valence-corrected chi connectivity index (χ0v) is 20.5. The maximum Gasteiger partial charge on any atom is 0.280 e. The number of nitrogens with zero attached hydrogens (tertiary/aromatic N) is 3. The fourth-order valence-electron chi connectivity index (χ4n) is 4.38. The molecule has 0 radical (unpaired) electrons. The standard InChI is InChI=1S/C27H24N4O4S/c1-17(2)34-19-12-10-18(11-13-19)30-26(25(29-27(30)36)21-8-5-6-16-28-21)24-15-14-23(35-24)20-7-3-4-9-22(20)31(32)33/h3-17,25-26H,1-2H3,(H,29,36)/t25-,26-/m1/s1. The summed E-state index contributed by atoms with van der Waals surface area (Å²) in [6.45, 7) is 3.96. The topological polar surface area (TPSA) is 93.7 Å². The summed E-state index contributed by atoms with van der Waals surface area (Å²) in [4.78, 5) is 17.7. The second-order valence-corrected chi connectivity index (χ2v) is 9.02. The maximum absolute atomic E-state index is 11.6. The van der Waals surface area contributed by atoms with Crippen LogP contribution >= 0.6 is 12.2 Å². The molecular formula is C27H24N4O4S. The molecule has 0 amide bonds. The third kappa shape index (κ3) is 4.52. The van der Waals surface area contributed by atoms with E-state index in [-0.39, 0.29) is 23.9 Å². The summed E-state index contributed by atoms with van der Waals surface area (Å²) in [7, 11) is 0. The van der Waals surface area contributed by atoms with Crippen LogP contribution in [0.1, 0.15) is 37.4 Å². The van der Waals surface area contributed by atoms with Crippen LogP contribution < -0.4 is 15.0 Å². The van der Waals surface area contributed by atoms with Crippen molar-refractivity contribution >= 4 is 28.7 Å². The van der Waals surface area contributed by atoms with E-state index in [2.05, 4.69) is 10.3 Å². The third-order valence-electron chi connectivity index (χ3n) is 5.87. The molecule has 0 bridgehead atoms. The number of hydrogen-bond acceptors (Lipinski definition) is 6. The molecule has 182 valence electrons. The molecule has 2 aromatic carbocycles. The van der Waals surface area contributed by atoms with Gasteiger partial charge in [-0.15, -0.1) is 0 Å². The van der Waals surface area contributed by atoms with Crippen LogP contribution in [0.3, 0.4) is 0 Å². The van der Waals surface area contributed by atoms with Crippen molar-refractivity contribution in [1.82, 2.24) is 10.3 Å². The van der Waals surface area contributed by atoms with Crippen molar-refractivity contribution in [3.63, 3.8) is 0 Å². The van der Waals surface area contributed by atoms with E-state index in [4.69, 9.17) is 21.4 Å². The summed E-state index contributed by atoms with van der Waals surface area (Å²) in [5, 5.41) is 15.5. The second-order valence-electron chi connectivity index (χ2n) is 8.63. The van der Waals surface area contributed by atoms with E-state index < -0.39 is 4.92 Å². The Kier molecular flexibility index (Phi) is 6.39. The average molecular weight is 501 g/mol. The predicted octanol–water partition coefficient (Wildman–Crippen LogP) is 6.21. The molecule has 1 N–H and O–H groups in total. The normalized spacial score (nSPS) is 17.3. The zero-order valence-electron chi connectivity index (χ0n) is 19.7. The van der Waals surface area contributed by atoms with Crippen LogP contribution in [0.15, 0.2) is 89.5 Å². The number of aromatic nitrogens is 1. The van der Waals surface area contributed by atoms with Gasteiger partial charge in [0.25, 0.3) is 5.69 Å². The first-order chi connectivity index (χ1) is 17.4. The second kappa shape index (κ2) is 9.79. The first-order valence-corrected chi connectivity index (χ1v) is 11.9. The number of nitrogens with one attached hydrogen (secondary N) is 1. The van der Waals surface area contributed by atoms with Crippen molar-refractivity contribution in [2.45, 2.75) is 32.0 Å². The number of para-hydroxylation sites is 1. The van der Waals surface area contributed by atoms with Crippen LogP contribution in [-0.4, -0.2) is 21.1 Å². The van der Waals surface area contributed by atoms with Crippen molar-refractivity contribution in [1.29, 1.82) is 0 Å². The van der Waals surface area contributed by atoms with Crippen LogP contribution in [0.5, 0.6) is 5.75 Å². The molecule has 1 aliphatic heterocycles. The van der Waals surface area contributed by atoms with E-state index in [0.717, 1.165) is 17.1 Å². The van der Waals surface area contributed by atoms with Crippen molar-refractivity contribution in [2.24, 2.45) is 0 Å². The van der Waals surface area contributed by atoms with Gasteiger partial charge in [0.05, 0.1) is 28.3 Å². The molecule has 1 fully saturated rings. The van der Waals surface area contributed by atoms with Gasteiger partial charge in [0, 0.05) is 18.0 Å². The number of benzene rings is 2. The highest BCUT2D eigenvalue weighted by molar-refractivity contribution is 7.80. The van der Waals surface area contributed by atoms with E-state index in [1.807, 2.05) is 67.3 Å². The van der Waals surface area contributed by atoms with Gasteiger partial charge in [0.15, 0.2) is 5.11 Å². The minimum Gasteiger partial charge on any atom is -0.491 e. The van der Waals surface area contributed by atoms with Gasteiger partial charge < -0.3 is 19.4 Å². The summed E-state index contributed by atoms with van der Waals surface area (Å²) >= 11 is 5.76. The van der Waals surface area contributed by atoms with E-state index in [0.29, 0.717) is 22.2 Å². The van der Waals surface area contributed by atoms with Gasteiger partial charge in [-0.3, -0.25) is 15.1 Å². The highest BCUT2D eigenvalue weighted by atomic mass is 32.1. The SMILES string of the molecule is CC(C)Oc1ccc(N2C(=S)N[C@H](c3ccccn3)[C@H]2c2ccc(-c3ccccc3[N+](=O)[O-])o2)cc1. The zero-order chi connectivity index (χ0) is 25.2. The Labute approximate surface area is 213 Å². The van der Waals surface area contributed by atoms with Gasteiger partial charge in [-0.25, -0.2) is 0 Å². The number of hydrogen-bond donors (Lipinski definition) is 1. The molecule has 5 rings (SSSR count). The molecule has 8 nitrogen and oxygen atoms in total. The fraction of sp³-hybridized carbons (Fsp3) is 0.185. The minimum atomic E-state index is -0.409. The molecule has 1 aliphatic rings. The highest BCUT2D eigenvalue weighted by Gasteiger charge is 2.42. The quantitative estimate of drug-likeness (QED) is 0.182. The Morgan fingerprint density at radius 2 is 1.81 bits per heavy atom. The van der Waals surface area contributed by atoms with Gasteiger partial charge in [-0.1, -0.05) is 18.2 Å². The Morgan fingerprint density at radius 3 is 2.50 bits per heavy atom. The first-order valence-electron chi connectivity index (χ1n) is 11.5. The lowest BCUT2D eigenvalue weighted by atomic mass is 10.0. The molecule has 1 saturated heterocycles. The van der Waals surface area contributed by atoms with Gasteiger partial charge in [0.1, 0.15) is 23.3 Å². The number of ether oxygens (including phenoxy) is 1. The van der Waals surface area contributed by atoms with Crippen LogP contribution in [0.4, 0.5) is 11.4 Å². The molecule has 0 saturated carbocycles. The number of nitro groups is 1. The third-order valence-corrected chi connectivity index (χ3v) is 6.18. The van der Waals surface area contributed by atoms with Gasteiger partial charge in [0.2, 0.25) is 0 Å². The predicted molar refractivity (Wildman–Crippen MR) is 141 cm³/mol. The smallest absolute Gasteiger partial charge is 0.280 e. The van der Waals surface area contributed by atoms with Crippen LogP contribution in [0.25, 0.3) is 11.3 Å². The van der Waals surface area contributed by atoms with Gasteiger partial charge in [-0.05, 0) is 80.7 Å². The lowest BCUT2D eigenvalue weighted by Gasteiger charge is -2.26. The molecule has 4 aromatic rings. The molecule has 2 atom stereocenters. The van der Waals surface area contributed by atoms with E-state index in [1.54, 1.807) is 30.5 Å². The highest BCUT2D eigenvalue weighted by Crippen LogP contribution is 2.43. The summed E-state index contributed by atoms with van der Waals surface area (Å²) in [6.07, 6.45) is 1.80. The van der Waals surface area contributed by atoms with Crippen molar-refractivity contribution in [3.05, 3.63) is 107 Å². The van der Waals surface area contributed by atoms with Crippen molar-refractivity contribution < 1.29 is 14.1 Å². The molecule has 36 heavy (non-hydrogen) atoms. The number of anilines is 1. The summed E-state index contributed by atoms with van der Waals surface area (Å²) in [5.74, 6) is 1.78. The molecule has 2 aromatic heterocycles. The Morgan fingerprint density at radius 1 is 1.06 bits per heavy atom. The van der Waals surface area contributed by atoms with Crippen molar-refractivity contribution in [3.8, 4) is 17.1 Å². The van der Waals surface area contributed by atoms with Gasteiger partial charge >= 0.3 is 0 Å². The number of thiocarbonyl (C=S) groups is 1.